The molecule has 0 radical (unpaired) electrons. The molecule has 0 saturated heterocycles. The molecule has 9 N–H and O–H groups in total. The van der Waals surface area contributed by atoms with Crippen LogP contribution in [0.3, 0.4) is 0 Å². The van der Waals surface area contributed by atoms with Gasteiger partial charge in [0.25, 0.3) is 0 Å². The summed E-state index contributed by atoms with van der Waals surface area (Å²) in [5, 5.41) is 19.5. The normalized spacial score (nSPS) is 19.8. The molecular formula is C21H29N7O6. The van der Waals surface area contributed by atoms with E-state index in [4.69, 9.17) is 11.5 Å². The number of carboxylic acid groups (broad SMARTS) is 1. The lowest BCUT2D eigenvalue weighted by Crippen LogP contribution is -2.49. The number of anilines is 1. The zero-order chi connectivity index (χ0) is 25.1. The number of nitrogens with zero attached hydrogens (tertiary/aromatic N) is 1. The highest BCUT2D eigenvalue weighted by molar-refractivity contribution is 5.95. The first kappa shape index (κ1) is 26.1. The summed E-state index contributed by atoms with van der Waals surface area (Å²) in [4.78, 5) is 64.8. The third kappa shape index (κ3) is 9.14. The molecule has 0 unspecified atom stereocenters. The van der Waals surface area contributed by atoms with E-state index < -0.39 is 54.6 Å². The Hall–Kier alpha value is -4.16. The minimum Gasteiger partial charge on any atom is -0.481 e. The molecule has 1 aliphatic rings. The van der Waals surface area contributed by atoms with Crippen molar-refractivity contribution in [3.63, 3.8) is 0 Å². The van der Waals surface area contributed by atoms with Gasteiger partial charge in [-0.1, -0.05) is 12.1 Å². The fourth-order valence-corrected chi connectivity index (χ4v) is 3.29. The van der Waals surface area contributed by atoms with Gasteiger partial charge in [0.2, 0.25) is 23.6 Å². The Labute approximate surface area is 195 Å². The molecule has 1 aliphatic heterocycles. The number of nitrogens with two attached hydrogens (primary N) is 2. The minimum atomic E-state index is -1.14. The van der Waals surface area contributed by atoms with Gasteiger partial charge in [-0.05, 0) is 30.5 Å². The Kier molecular flexibility index (Phi) is 9.80. The van der Waals surface area contributed by atoms with E-state index in [1.165, 1.54) is 0 Å². The molecular weight excluding hydrogens is 446 g/mol. The van der Waals surface area contributed by atoms with Crippen LogP contribution in [0.5, 0.6) is 0 Å². The summed E-state index contributed by atoms with van der Waals surface area (Å²) < 4.78 is 0. The second-order valence-electron chi connectivity index (χ2n) is 7.68. The van der Waals surface area contributed by atoms with Gasteiger partial charge in [-0.25, -0.2) is 0 Å². The van der Waals surface area contributed by atoms with Gasteiger partial charge in [0.15, 0.2) is 5.96 Å². The van der Waals surface area contributed by atoms with E-state index in [2.05, 4.69) is 26.3 Å². The molecule has 2 rings (SSSR count). The average Bonchev–Trinajstić information content (AvgIpc) is 2.76. The van der Waals surface area contributed by atoms with Crippen molar-refractivity contribution in [1.29, 1.82) is 0 Å². The largest absolute Gasteiger partial charge is 0.481 e. The van der Waals surface area contributed by atoms with Crippen LogP contribution < -0.4 is 32.7 Å². The summed E-state index contributed by atoms with van der Waals surface area (Å²) in [5.41, 5.74) is 11.4. The van der Waals surface area contributed by atoms with E-state index >= 15 is 0 Å². The number of hydrogen-bond donors (Lipinski definition) is 7. The van der Waals surface area contributed by atoms with E-state index in [1.54, 1.807) is 24.3 Å². The number of carboxylic acids is 1. The maximum atomic E-state index is 12.6. The summed E-state index contributed by atoms with van der Waals surface area (Å²) >= 11 is 0. The number of fused-ring (bicyclic) bond motifs is 2. The summed E-state index contributed by atoms with van der Waals surface area (Å²) in [6.45, 7) is -0.189. The van der Waals surface area contributed by atoms with Crippen LogP contribution in [0.2, 0.25) is 0 Å². The number of amides is 4. The first-order chi connectivity index (χ1) is 16.1. The van der Waals surface area contributed by atoms with Crippen molar-refractivity contribution in [2.75, 3.05) is 18.4 Å². The Morgan fingerprint density at radius 2 is 1.74 bits per heavy atom. The zero-order valence-corrected chi connectivity index (χ0v) is 18.5. The lowest BCUT2D eigenvalue weighted by atomic mass is 10.0. The molecule has 0 aromatic heterocycles. The smallest absolute Gasteiger partial charge is 0.305 e. The van der Waals surface area contributed by atoms with Crippen molar-refractivity contribution in [3.8, 4) is 0 Å². The number of carbonyl (C=O) groups is 5. The lowest BCUT2D eigenvalue weighted by Gasteiger charge is -2.21. The van der Waals surface area contributed by atoms with Gasteiger partial charge in [-0.3, -0.25) is 29.0 Å². The molecule has 1 aromatic carbocycles. The maximum Gasteiger partial charge on any atom is 0.305 e. The number of guanidine groups is 1. The monoisotopic (exact) mass is 475 g/mol. The molecule has 13 nitrogen and oxygen atoms in total. The Bertz CT molecular complexity index is 961. The minimum absolute atomic E-state index is 0.102. The predicted octanol–water partition coefficient (Wildman–Crippen LogP) is -1.29. The summed E-state index contributed by atoms with van der Waals surface area (Å²) in [7, 11) is 0. The lowest BCUT2D eigenvalue weighted by molar-refractivity contribution is -0.138. The molecule has 0 aliphatic carbocycles. The fourth-order valence-electron chi connectivity index (χ4n) is 3.29. The number of rotatable bonds is 6. The van der Waals surface area contributed by atoms with Crippen molar-refractivity contribution in [2.24, 2.45) is 16.5 Å². The molecule has 4 amide bonds. The van der Waals surface area contributed by atoms with Gasteiger partial charge < -0.3 is 37.8 Å². The fraction of sp³-hybridized carbons (Fsp3) is 0.429. The summed E-state index contributed by atoms with van der Waals surface area (Å²) in [5.74, 6) is -3.42. The van der Waals surface area contributed by atoms with Crippen LogP contribution in [-0.2, 0) is 24.0 Å². The Morgan fingerprint density at radius 1 is 1.03 bits per heavy atom. The highest BCUT2D eigenvalue weighted by atomic mass is 16.4. The van der Waals surface area contributed by atoms with Crippen LogP contribution in [0.1, 0.15) is 43.7 Å². The molecule has 34 heavy (non-hydrogen) atoms. The van der Waals surface area contributed by atoms with Crippen LogP contribution in [0, 0.1) is 0 Å². The summed E-state index contributed by atoms with van der Waals surface area (Å²) in [6, 6.07) is 4.51. The quantitative estimate of drug-likeness (QED) is 0.149. The SMILES string of the molecule is NC(N)=NCCC[C@@H]1NC(=O)CCC(=O)Nc2cccc(c2)[C@H](CC(=O)O)NC(=O)CNC1=O. The molecule has 184 valence electrons. The summed E-state index contributed by atoms with van der Waals surface area (Å²) in [6.07, 6.45) is -0.133. The van der Waals surface area contributed by atoms with Crippen molar-refractivity contribution in [3.05, 3.63) is 29.8 Å². The third-order valence-electron chi connectivity index (χ3n) is 4.89. The number of aliphatic carboxylic acids is 1. The van der Waals surface area contributed by atoms with Crippen LogP contribution >= 0.6 is 0 Å². The molecule has 1 aromatic rings. The molecule has 1 heterocycles. The van der Waals surface area contributed by atoms with E-state index in [1.807, 2.05) is 0 Å². The van der Waals surface area contributed by atoms with Gasteiger partial charge in [0.05, 0.1) is 19.0 Å². The van der Waals surface area contributed by atoms with Crippen molar-refractivity contribution < 1.29 is 29.1 Å². The van der Waals surface area contributed by atoms with E-state index in [0.717, 1.165) is 0 Å². The van der Waals surface area contributed by atoms with Crippen LogP contribution in [0.4, 0.5) is 5.69 Å². The van der Waals surface area contributed by atoms with E-state index in [9.17, 15) is 29.1 Å². The van der Waals surface area contributed by atoms with Crippen molar-refractivity contribution in [1.82, 2.24) is 16.0 Å². The molecule has 0 fully saturated rings. The van der Waals surface area contributed by atoms with Crippen LogP contribution in [-0.4, -0.2) is 59.8 Å². The van der Waals surface area contributed by atoms with Gasteiger partial charge in [-0.2, -0.15) is 0 Å². The van der Waals surface area contributed by atoms with Crippen LogP contribution in [0.25, 0.3) is 0 Å². The van der Waals surface area contributed by atoms with Crippen LogP contribution in [0.15, 0.2) is 29.3 Å². The Morgan fingerprint density at radius 3 is 2.44 bits per heavy atom. The van der Waals surface area contributed by atoms with E-state index in [0.29, 0.717) is 17.7 Å². The molecule has 0 saturated carbocycles. The predicted molar refractivity (Wildman–Crippen MR) is 122 cm³/mol. The Balaban J connectivity index is 2.21. The third-order valence-corrected chi connectivity index (χ3v) is 4.89. The molecule has 13 heteroatoms. The standard InChI is InChI=1S/C21H29N7O6/c22-21(23)24-8-2-5-14-20(34)25-11-18(31)28-15(10-19(32)33)12-3-1-4-13(9-12)26-16(29)6-7-17(30)27-14/h1,3-4,9,14-15H,2,5-8,10-11H2,(H,25,34)(H,26,29)(H,27,30)(H,28,31)(H,32,33)(H4,22,23,24)/t14-,15-/m0/s1. The number of hydrogen-bond acceptors (Lipinski definition) is 6. The number of aliphatic imine (C=N–C) groups is 1. The van der Waals surface area contributed by atoms with Gasteiger partial charge in [0.1, 0.15) is 6.04 Å². The highest BCUT2D eigenvalue weighted by Gasteiger charge is 2.23. The second-order valence-corrected chi connectivity index (χ2v) is 7.68. The topological polar surface area (TPSA) is 218 Å². The number of carbonyl (C=O) groups excluding carboxylic acids is 4. The number of benzene rings is 1. The van der Waals surface area contributed by atoms with Gasteiger partial charge in [-0.15, -0.1) is 0 Å². The maximum absolute atomic E-state index is 12.6. The van der Waals surface area contributed by atoms with E-state index in [-0.39, 0.29) is 31.8 Å². The number of nitrogens with one attached hydrogen (secondary N) is 4. The average molecular weight is 476 g/mol. The first-order valence-electron chi connectivity index (χ1n) is 10.7. The second kappa shape index (κ2) is 12.8. The highest BCUT2D eigenvalue weighted by Crippen LogP contribution is 2.21. The zero-order valence-electron chi connectivity index (χ0n) is 18.5. The molecule has 2 atom stereocenters. The van der Waals surface area contributed by atoms with Gasteiger partial charge in [0, 0.05) is 25.1 Å². The molecule has 2 bridgehead atoms. The first-order valence-corrected chi connectivity index (χ1v) is 10.7. The van der Waals surface area contributed by atoms with Crippen molar-refractivity contribution >= 4 is 41.2 Å². The van der Waals surface area contributed by atoms with Gasteiger partial charge >= 0.3 is 5.97 Å². The van der Waals surface area contributed by atoms with Crippen molar-refractivity contribution in [2.45, 2.75) is 44.2 Å². The molecule has 0 spiro atoms.